The van der Waals surface area contributed by atoms with Crippen LogP contribution in [0.25, 0.3) is 5.82 Å². The molecule has 0 unspecified atom stereocenters. The number of carbonyl (C=O) groups is 1. The number of aldehydes is 1. The zero-order chi connectivity index (χ0) is 10.8. The van der Waals surface area contributed by atoms with Crippen molar-refractivity contribution in [3.05, 3.63) is 34.5 Å². The molecule has 0 saturated carbocycles. The Labute approximate surface area is 94.7 Å². The number of carbonyl (C=O) groups excluding carboxylic acids is 1. The fourth-order valence-electron chi connectivity index (χ4n) is 1.01. The van der Waals surface area contributed by atoms with Gasteiger partial charge in [0, 0.05) is 6.20 Å². The highest BCUT2D eigenvalue weighted by molar-refractivity contribution is 6.32. The summed E-state index contributed by atoms with van der Waals surface area (Å²) in [5.41, 5.74) is 0.431. The molecule has 5 nitrogen and oxygen atoms in total. The summed E-state index contributed by atoms with van der Waals surface area (Å²) in [4.78, 5) is 18.1. The molecule has 2 rings (SSSR count). The number of hydrogen-bond acceptors (Lipinski definition) is 4. The number of nitrogens with zero attached hydrogens (tertiary/aromatic N) is 4. The maximum Gasteiger partial charge on any atom is 0.224 e. The van der Waals surface area contributed by atoms with Gasteiger partial charge < -0.3 is 0 Å². The van der Waals surface area contributed by atoms with Gasteiger partial charge in [0.15, 0.2) is 12.1 Å². The zero-order valence-corrected chi connectivity index (χ0v) is 8.77. The van der Waals surface area contributed by atoms with E-state index in [4.69, 9.17) is 23.2 Å². The molecule has 0 N–H and O–H groups in total. The summed E-state index contributed by atoms with van der Waals surface area (Å²) >= 11 is 11.5. The molecule has 0 aliphatic heterocycles. The Morgan fingerprint density at radius 2 is 2.13 bits per heavy atom. The second-order valence-corrected chi connectivity index (χ2v) is 3.39. The number of hydrogen-bond donors (Lipinski definition) is 0. The van der Waals surface area contributed by atoms with Crippen molar-refractivity contribution in [3.8, 4) is 5.82 Å². The van der Waals surface area contributed by atoms with Crippen LogP contribution in [0.4, 0.5) is 0 Å². The SMILES string of the molecule is O=Cc1cnn(-c2nc(Cl)ncc2Cl)c1. The molecule has 2 heterocycles. The minimum Gasteiger partial charge on any atom is -0.298 e. The zero-order valence-electron chi connectivity index (χ0n) is 7.26. The second kappa shape index (κ2) is 3.96. The molecule has 0 atom stereocenters. The minimum absolute atomic E-state index is 0.0672. The molecule has 2 aromatic rings. The molecule has 2 aromatic heterocycles. The van der Waals surface area contributed by atoms with E-state index in [1.807, 2.05) is 0 Å². The van der Waals surface area contributed by atoms with Crippen molar-refractivity contribution in [2.24, 2.45) is 0 Å². The van der Waals surface area contributed by atoms with Crippen molar-refractivity contribution in [2.45, 2.75) is 0 Å². The summed E-state index contributed by atoms with van der Waals surface area (Å²) in [6, 6.07) is 0. The van der Waals surface area contributed by atoms with Gasteiger partial charge in [0.05, 0.1) is 18.0 Å². The van der Waals surface area contributed by atoms with E-state index in [1.54, 1.807) is 0 Å². The van der Waals surface area contributed by atoms with Gasteiger partial charge in [0.25, 0.3) is 0 Å². The molecule has 0 aliphatic rings. The Hall–Kier alpha value is -1.46. The quantitative estimate of drug-likeness (QED) is 0.595. The second-order valence-electron chi connectivity index (χ2n) is 2.65. The predicted octanol–water partition coefficient (Wildman–Crippen LogP) is 1.78. The first-order valence-electron chi connectivity index (χ1n) is 3.89. The van der Waals surface area contributed by atoms with Crippen LogP contribution in [0.15, 0.2) is 18.6 Å². The van der Waals surface area contributed by atoms with E-state index in [1.165, 1.54) is 23.3 Å². The van der Waals surface area contributed by atoms with Gasteiger partial charge in [-0.2, -0.15) is 10.1 Å². The highest BCUT2D eigenvalue weighted by Gasteiger charge is 2.08. The summed E-state index contributed by atoms with van der Waals surface area (Å²) in [6.45, 7) is 0. The Morgan fingerprint density at radius 1 is 1.33 bits per heavy atom. The molecule has 0 saturated heterocycles. The smallest absolute Gasteiger partial charge is 0.224 e. The number of rotatable bonds is 2. The van der Waals surface area contributed by atoms with Crippen molar-refractivity contribution in [1.29, 1.82) is 0 Å². The van der Waals surface area contributed by atoms with Crippen LogP contribution in [-0.4, -0.2) is 26.0 Å². The predicted molar refractivity (Wildman–Crippen MR) is 54.6 cm³/mol. The average molecular weight is 243 g/mol. The lowest BCUT2D eigenvalue weighted by Crippen LogP contribution is -2.00. The Kier molecular flexibility index (Phi) is 2.66. The number of aromatic nitrogens is 4. The first-order chi connectivity index (χ1) is 7.20. The number of halogens is 2. The highest BCUT2D eigenvalue weighted by atomic mass is 35.5. The van der Waals surface area contributed by atoms with Crippen LogP contribution in [0.3, 0.4) is 0 Å². The van der Waals surface area contributed by atoms with E-state index in [9.17, 15) is 4.79 Å². The van der Waals surface area contributed by atoms with E-state index >= 15 is 0 Å². The van der Waals surface area contributed by atoms with Crippen LogP contribution in [0.2, 0.25) is 10.3 Å². The van der Waals surface area contributed by atoms with Gasteiger partial charge in [-0.3, -0.25) is 4.79 Å². The van der Waals surface area contributed by atoms with Crippen molar-refractivity contribution >= 4 is 29.5 Å². The molecule has 15 heavy (non-hydrogen) atoms. The van der Waals surface area contributed by atoms with Crippen LogP contribution in [0, 0.1) is 0 Å². The molecular formula is C8H4Cl2N4O. The maximum absolute atomic E-state index is 10.5. The molecule has 0 aromatic carbocycles. The van der Waals surface area contributed by atoms with Crippen molar-refractivity contribution in [2.75, 3.05) is 0 Å². The van der Waals surface area contributed by atoms with Gasteiger partial charge in [-0.25, -0.2) is 9.67 Å². The van der Waals surface area contributed by atoms with Gasteiger partial charge in [0.2, 0.25) is 5.28 Å². The molecule has 0 aliphatic carbocycles. The van der Waals surface area contributed by atoms with Gasteiger partial charge in [-0.1, -0.05) is 11.6 Å². The van der Waals surface area contributed by atoms with Crippen LogP contribution in [-0.2, 0) is 0 Å². The summed E-state index contributed by atoms with van der Waals surface area (Å²) in [5, 5.41) is 4.28. The molecule has 7 heteroatoms. The van der Waals surface area contributed by atoms with Crippen LogP contribution < -0.4 is 0 Å². The fourth-order valence-corrected chi connectivity index (χ4v) is 1.32. The highest BCUT2D eigenvalue weighted by Crippen LogP contribution is 2.17. The Bertz CT molecular complexity index is 511. The summed E-state index contributed by atoms with van der Waals surface area (Å²) in [5.74, 6) is 0.338. The van der Waals surface area contributed by atoms with Crippen LogP contribution in [0.1, 0.15) is 10.4 Å². The van der Waals surface area contributed by atoms with Gasteiger partial charge in [-0.15, -0.1) is 0 Å². The van der Waals surface area contributed by atoms with Gasteiger partial charge >= 0.3 is 0 Å². The molecule has 0 amide bonds. The van der Waals surface area contributed by atoms with Crippen LogP contribution >= 0.6 is 23.2 Å². The molecular weight excluding hydrogens is 239 g/mol. The molecule has 0 fully saturated rings. The largest absolute Gasteiger partial charge is 0.298 e. The Morgan fingerprint density at radius 3 is 2.80 bits per heavy atom. The molecule has 0 radical (unpaired) electrons. The third kappa shape index (κ3) is 1.98. The van der Waals surface area contributed by atoms with E-state index in [0.29, 0.717) is 22.7 Å². The summed E-state index contributed by atoms with van der Waals surface area (Å²) in [6.07, 6.45) is 4.95. The van der Waals surface area contributed by atoms with E-state index in [0.717, 1.165) is 0 Å². The lowest BCUT2D eigenvalue weighted by atomic mass is 10.4. The topological polar surface area (TPSA) is 60.7 Å². The van der Waals surface area contributed by atoms with E-state index in [2.05, 4.69) is 15.1 Å². The van der Waals surface area contributed by atoms with E-state index < -0.39 is 0 Å². The lowest BCUT2D eigenvalue weighted by molar-refractivity contribution is 0.112. The van der Waals surface area contributed by atoms with Gasteiger partial charge in [0.1, 0.15) is 5.02 Å². The third-order valence-electron chi connectivity index (χ3n) is 1.65. The summed E-state index contributed by atoms with van der Waals surface area (Å²) in [7, 11) is 0. The van der Waals surface area contributed by atoms with Gasteiger partial charge in [-0.05, 0) is 11.6 Å². The van der Waals surface area contributed by atoms with Crippen molar-refractivity contribution in [3.63, 3.8) is 0 Å². The monoisotopic (exact) mass is 242 g/mol. The standard InChI is InChI=1S/C8H4Cl2N4O/c9-6-2-11-8(10)13-7(6)14-3-5(4-15)1-12-14/h1-4H. The minimum atomic E-state index is 0.0672. The van der Waals surface area contributed by atoms with Crippen molar-refractivity contribution < 1.29 is 4.79 Å². The first-order valence-corrected chi connectivity index (χ1v) is 4.64. The van der Waals surface area contributed by atoms with Crippen molar-refractivity contribution in [1.82, 2.24) is 19.7 Å². The lowest BCUT2D eigenvalue weighted by Gasteiger charge is -2.01. The van der Waals surface area contributed by atoms with E-state index in [-0.39, 0.29) is 5.28 Å². The van der Waals surface area contributed by atoms with Crippen LogP contribution in [0.5, 0.6) is 0 Å². The first kappa shape index (κ1) is 10.1. The Balaban J connectivity index is 2.52. The average Bonchev–Trinajstić information content (AvgIpc) is 2.70. The third-order valence-corrected chi connectivity index (χ3v) is 2.10. The normalized spacial score (nSPS) is 10.3. The fraction of sp³-hybridized carbons (Fsp3) is 0. The molecule has 0 spiro atoms. The molecule has 0 bridgehead atoms. The maximum atomic E-state index is 10.5. The molecule has 76 valence electrons. The summed E-state index contributed by atoms with van der Waals surface area (Å²) < 4.78 is 1.36.